The Morgan fingerprint density at radius 2 is 1.53 bits per heavy atom. The molecule has 5 heteroatoms. The first-order valence-electron chi connectivity index (χ1n) is 5.17. The molecule has 0 amide bonds. The molecule has 0 saturated heterocycles. The molecule has 0 saturated carbocycles. The number of isocyanates is 2. The topological polar surface area (TPSA) is 98.9 Å². The third kappa shape index (κ3) is 4.88. The van der Waals surface area contributed by atoms with Gasteiger partial charge in [0.25, 0.3) is 0 Å². The van der Waals surface area contributed by atoms with E-state index in [2.05, 4.69) is 0 Å². The zero-order chi connectivity index (χ0) is 14.7. The maximum atomic E-state index is 10.8. The number of aryl methyl sites for hydroxylation is 1. The first-order valence-corrected chi connectivity index (χ1v) is 5.17. The van der Waals surface area contributed by atoms with E-state index in [-0.39, 0.29) is 0 Å². The van der Waals surface area contributed by atoms with Gasteiger partial charge in [-0.05, 0) is 23.3 Å². The molecule has 0 aliphatic heterocycles. The van der Waals surface area contributed by atoms with Crippen LogP contribution in [0.3, 0.4) is 0 Å². The minimum absolute atomic E-state index is 0.750. The Kier molecular flexibility index (Phi) is 7.80. The molecule has 2 aromatic rings. The van der Waals surface area contributed by atoms with Crippen molar-refractivity contribution in [2.24, 2.45) is 0 Å². The van der Waals surface area contributed by atoms with Crippen molar-refractivity contribution in [1.82, 2.24) is 0 Å². The third-order valence-electron chi connectivity index (χ3n) is 2.31. The summed E-state index contributed by atoms with van der Waals surface area (Å²) < 4.78 is 0. The van der Waals surface area contributed by atoms with E-state index < -0.39 is 0 Å². The number of carbonyl (C=O) groups is 1. The predicted octanol–water partition coefficient (Wildman–Crippen LogP) is 2.76. The Balaban J connectivity index is 0.000000465. The van der Waals surface area contributed by atoms with E-state index in [0.29, 0.717) is 0 Å². The summed E-state index contributed by atoms with van der Waals surface area (Å²) in [5.74, 6) is 0. The minimum Gasteiger partial charge on any atom is -0.298 e. The van der Waals surface area contributed by atoms with Crippen molar-refractivity contribution in [2.75, 3.05) is 0 Å². The molecule has 0 unspecified atom stereocenters. The zero-order valence-corrected chi connectivity index (χ0v) is 10.3. The number of fused-ring (bicyclic) bond motifs is 1. The van der Waals surface area contributed by atoms with Crippen LogP contribution >= 0.6 is 0 Å². The second-order valence-electron chi connectivity index (χ2n) is 3.34. The highest BCUT2D eigenvalue weighted by molar-refractivity contribution is 5.99. The van der Waals surface area contributed by atoms with Crippen LogP contribution in [0.2, 0.25) is 0 Å². The van der Waals surface area contributed by atoms with Gasteiger partial charge in [0.05, 0.1) is 0 Å². The van der Waals surface area contributed by atoms with Crippen molar-refractivity contribution >= 4 is 29.2 Å². The van der Waals surface area contributed by atoms with Gasteiger partial charge in [-0.15, -0.1) is 0 Å². The number of benzene rings is 2. The van der Waals surface area contributed by atoms with Gasteiger partial charge in [0.2, 0.25) is 12.2 Å². The van der Waals surface area contributed by atoms with E-state index in [4.69, 9.17) is 20.4 Å². The van der Waals surface area contributed by atoms with Crippen molar-refractivity contribution < 1.29 is 14.4 Å². The van der Waals surface area contributed by atoms with E-state index >= 15 is 0 Å². The second-order valence-corrected chi connectivity index (χ2v) is 3.34. The highest BCUT2D eigenvalue weighted by Crippen LogP contribution is 2.19. The Labute approximate surface area is 109 Å². The quantitative estimate of drug-likeness (QED) is 0.466. The Hall–Kier alpha value is -2.87. The van der Waals surface area contributed by atoms with Crippen LogP contribution in [0.4, 0.5) is 0 Å². The lowest BCUT2D eigenvalue weighted by Crippen LogP contribution is -1.87. The average Bonchev–Trinajstić information content (AvgIpc) is 2.40. The van der Waals surface area contributed by atoms with E-state index in [0.717, 1.165) is 40.3 Å². The normalized spacial score (nSPS) is 7.84. The van der Waals surface area contributed by atoms with E-state index in [1.807, 2.05) is 43.3 Å². The monoisotopic (exact) mass is 256 g/mol. The first kappa shape index (κ1) is 16.1. The van der Waals surface area contributed by atoms with Gasteiger partial charge in [0.15, 0.2) is 6.29 Å². The minimum atomic E-state index is 0.750. The zero-order valence-electron chi connectivity index (χ0n) is 10.3. The molecule has 0 fully saturated rings. The number of nitrogens with one attached hydrogen (secondary N) is 2. The van der Waals surface area contributed by atoms with Gasteiger partial charge in [-0.1, -0.05) is 36.4 Å². The summed E-state index contributed by atoms with van der Waals surface area (Å²) in [6.45, 7) is 1.95. The summed E-state index contributed by atoms with van der Waals surface area (Å²) in [6.07, 6.45) is 2.43. The van der Waals surface area contributed by atoms with Gasteiger partial charge < -0.3 is 0 Å². The van der Waals surface area contributed by atoms with Gasteiger partial charge in [-0.2, -0.15) is 0 Å². The van der Waals surface area contributed by atoms with Crippen molar-refractivity contribution in [2.45, 2.75) is 6.92 Å². The fraction of sp³-hybridized carbons (Fsp3) is 0.0714. The van der Waals surface area contributed by atoms with Crippen molar-refractivity contribution in [3.8, 4) is 0 Å². The molecule has 2 N–H and O–H groups in total. The largest absolute Gasteiger partial charge is 0.298 e. The Bertz CT molecular complexity index is 612. The number of hydrogen-bond acceptors (Lipinski definition) is 5. The highest BCUT2D eigenvalue weighted by Gasteiger charge is 2.01. The number of carbonyl (C=O) groups excluding carboxylic acids is 3. The fourth-order valence-corrected chi connectivity index (χ4v) is 1.56. The number of hydrogen-bond donors (Lipinski definition) is 2. The van der Waals surface area contributed by atoms with Crippen LogP contribution in [0.15, 0.2) is 36.4 Å². The van der Waals surface area contributed by atoms with Crippen LogP contribution in [-0.4, -0.2) is 18.4 Å². The molecule has 2 aromatic carbocycles. The standard InChI is InChI=1S/C12H10O.2CHNO/c1-9-6-7-10-4-2-3-5-11(10)12(9)8-13;2*2-1-3/h2-8H,1H3;2*2H. The van der Waals surface area contributed by atoms with Crippen LogP contribution in [-0.2, 0) is 9.59 Å². The van der Waals surface area contributed by atoms with Gasteiger partial charge >= 0.3 is 0 Å². The second kappa shape index (κ2) is 9.19. The number of rotatable bonds is 1. The van der Waals surface area contributed by atoms with E-state index in [1.165, 1.54) is 0 Å². The smallest absolute Gasteiger partial charge is 0.231 e. The molecule has 0 aromatic heterocycles. The molecular formula is C14H12N2O3. The average molecular weight is 256 g/mol. The molecule has 0 aliphatic carbocycles. The van der Waals surface area contributed by atoms with Gasteiger partial charge in [-0.3, -0.25) is 4.79 Å². The van der Waals surface area contributed by atoms with Crippen molar-refractivity contribution in [3.05, 3.63) is 47.5 Å². The molecule has 0 bridgehead atoms. The lowest BCUT2D eigenvalue weighted by molar-refractivity contribution is 0.112. The molecule has 0 spiro atoms. The lowest BCUT2D eigenvalue weighted by Gasteiger charge is -2.03. The Morgan fingerprint density at radius 1 is 1.00 bits per heavy atom. The number of aldehydes is 1. The first-order chi connectivity index (χ1) is 9.15. The van der Waals surface area contributed by atoms with Gasteiger partial charge in [0, 0.05) is 5.56 Å². The molecule has 0 aliphatic rings. The van der Waals surface area contributed by atoms with Crippen LogP contribution in [0.5, 0.6) is 0 Å². The summed E-state index contributed by atoms with van der Waals surface area (Å²) in [7, 11) is 0. The van der Waals surface area contributed by atoms with E-state index in [9.17, 15) is 4.79 Å². The maximum absolute atomic E-state index is 10.8. The summed E-state index contributed by atoms with van der Waals surface area (Å²) in [5, 5.41) is 13.0. The summed E-state index contributed by atoms with van der Waals surface area (Å²) in [5.41, 5.74) is 1.84. The van der Waals surface area contributed by atoms with Crippen LogP contribution in [0.25, 0.3) is 10.8 Å². The molecule has 0 atom stereocenters. The highest BCUT2D eigenvalue weighted by atomic mass is 16.1. The summed E-state index contributed by atoms with van der Waals surface area (Å²) in [4.78, 5) is 27.5. The van der Waals surface area contributed by atoms with E-state index in [1.54, 1.807) is 0 Å². The van der Waals surface area contributed by atoms with Crippen LogP contribution in [0, 0.1) is 17.7 Å². The van der Waals surface area contributed by atoms with Crippen molar-refractivity contribution in [3.63, 3.8) is 0 Å². The molecule has 2 rings (SSSR count). The van der Waals surface area contributed by atoms with Gasteiger partial charge in [-0.25, -0.2) is 20.4 Å². The SMILES string of the molecule is Cc1ccc2ccccc2c1C=O.N=C=O.N=C=O. The molecule has 96 valence electrons. The molecule has 5 nitrogen and oxygen atoms in total. The van der Waals surface area contributed by atoms with Gasteiger partial charge in [0.1, 0.15) is 0 Å². The lowest BCUT2D eigenvalue weighted by atomic mass is 10.0. The fourth-order valence-electron chi connectivity index (χ4n) is 1.56. The third-order valence-corrected chi connectivity index (χ3v) is 2.31. The maximum Gasteiger partial charge on any atom is 0.231 e. The molecule has 0 heterocycles. The summed E-state index contributed by atoms with van der Waals surface area (Å²) >= 11 is 0. The van der Waals surface area contributed by atoms with Crippen molar-refractivity contribution in [1.29, 1.82) is 10.8 Å². The summed E-state index contributed by atoms with van der Waals surface area (Å²) in [6, 6.07) is 11.9. The Morgan fingerprint density at radius 3 is 2.05 bits per heavy atom. The molecule has 19 heavy (non-hydrogen) atoms. The predicted molar refractivity (Wildman–Crippen MR) is 70.9 cm³/mol. The van der Waals surface area contributed by atoms with Crippen LogP contribution < -0.4 is 0 Å². The van der Waals surface area contributed by atoms with Crippen LogP contribution in [0.1, 0.15) is 15.9 Å². The molecule has 0 radical (unpaired) electrons. The molecular weight excluding hydrogens is 244 g/mol.